The summed E-state index contributed by atoms with van der Waals surface area (Å²) in [6.45, 7) is 3.86. The Kier molecular flexibility index (Phi) is 4.88. The van der Waals surface area contributed by atoms with Gasteiger partial charge in [0, 0.05) is 13.1 Å². The van der Waals surface area contributed by atoms with E-state index in [-0.39, 0.29) is 5.91 Å². The SMILES string of the molecule is COc1cccc(OC)c1C(=O)N1CCCC(C)CC1. The number of methoxy groups -OCH3 is 2. The molecule has 1 aromatic carbocycles. The lowest BCUT2D eigenvalue weighted by atomic mass is 10.0. The number of carbonyl (C=O) groups is 1. The number of benzene rings is 1. The van der Waals surface area contributed by atoms with Crippen LogP contribution >= 0.6 is 0 Å². The molecular formula is C16H23NO3. The van der Waals surface area contributed by atoms with Gasteiger partial charge in [-0.25, -0.2) is 0 Å². The molecule has 1 aliphatic rings. The van der Waals surface area contributed by atoms with Crippen LogP contribution in [-0.4, -0.2) is 38.1 Å². The standard InChI is InChI=1S/C16H23NO3/c1-12-6-5-10-17(11-9-12)16(18)15-13(19-2)7-4-8-14(15)20-3/h4,7-8,12H,5-6,9-11H2,1-3H3. The highest BCUT2D eigenvalue weighted by Gasteiger charge is 2.25. The maximum Gasteiger partial charge on any atom is 0.261 e. The molecule has 1 amide bonds. The van der Waals surface area contributed by atoms with Gasteiger partial charge in [0.15, 0.2) is 0 Å². The maximum atomic E-state index is 12.8. The predicted octanol–water partition coefficient (Wildman–Crippen LogP) is 2.97. The van der Waals surface area contributed by atoms with E-state index in [2.05, 4.69) is 6.92 Å². The highest BCUT2D eigenvalue weighted by atomic mass is 16.5. The first-order valence-corrected chi connectivity index (χ1v) is 7.17. The number of hydrogen-bond acceptors (Lipinski definition) is 3. The van der Waals surface area contributed by atoms with Gasteiger partial charge in [-0.15, -0.1) is 0 Å². The van der Waals surface area contributed by atoms with Crippen LogP contribution in [0.1, 0.15) is 36.5 Å². The molecular weight excluding hydrogens is 254 g/mol. The molecule has 0 aliphatic carbocycles. The molecule has 20 heavy (non-hydrogen) atoms. The van der Waals surface area contributed by atoms with Gasteiger partial charge in [-0.3, -0.25) is 4.79 Å². The molecule has 1 aromatic rings. The Morgan fingerprint density at radius 2 is 1.80 bits per heavy atom. The van der Waals surface area contributed by atoms with Crippen molar-refractivity contribution < 1.29 is 14.3 Å². The van der Waals surface area contributed by atoms with E-state index in [4.69, 9.17) is 9.47 Å². The van der Waals surface area contributed by atoms with Crippen LogP contribution in [0.4, 0.5) is 0 Å². The van der Waals surface area contributed by atoms with Crippen LogP contribution < -0.4 is 9.47 Å². The largest absolute Gasteiger partial charge is 0.496 e. The molecule has 4 heteroatoms. The third-order valence-corrected chi connectivity index (χ3v) is 3.95. The van der Waals surface area contributed by atoms with E-state index in [1.165, 1.54) is 6.42 Å². The molecule has 4 nitrogen and oxygen atoms in total. The Bertz CT molecular complexity index is 451. The zero-order valence-electron chi connectivity index (χ0n) is 12.5. The first-order valence-electron chi connectivity index (χ1n) is 7.17. The average Bonchev–Trinajstić information content (AvgIpc) is 2.70. The smallest absolute Gasteiger partial charge is 0.261 e. The summed E-state index contributed by atoms with van der Waals surface area (Å²) in [4.78, 5) is 14.7. The van der Waals surface area contributed by atoms with Crippen LogP contribution in [0.2, 0.25) is 0 Å². The number of rotatable bonds is 3. The summed E-state index contributed by atoms with van der Waals surface area (Å²) in [5.41, 5.74) is 0.534. The summed E-state index contributed by atoms with van der Waals surface area (Å²) in [6, 6.07) is 5.44. The summed E-state index contributed by atoms with van der Waals surface area (Å²) < 4.78 is 10.6. The lowest BCUT2D eigenvalue weighted by Gasteiger charge is -2.22. The summed E-state index contributed by atoms with van der Waals surface area (Å²) in [6.07, 6.45) is 3.31. The van der Waals surface area contributed by atoms with Crippen LogP contribution in [0.5, 0.6) is 11.5 Å². The topological polar surface area (TPSA) is 38.8 Å². The van der Waals surface area contributed by atoms with Gasteiger partial charge in [0.25, 0.3) is 5.91 Å². The van der Waals surface area contributed by atoms with Crippen LogP contribution in [-0.2, 0) is 0 Å². The van der Waals surface area contributed by atoms with Crippen molar-refractivity contribution in [2.24, 2.45) is 5.92 Å². The van der Waals surface area contributed by atoms with Crippen molar-refractivity contribution in [3.05, 3.63) is 23.8 Å². The molecule has 0 aromatic heterocycles. The van der Waals surface area contributed by atoms with Crippen molar-refractivity contribution in [1.29, 1.82) is 0 Å². The average molecular weight is 277 g/mol. The van der Waals surface area contributed by atoms with E-state index < -0.39 is 0 Å². The molecule has 0 radical (unpaired) electrons. The highest BCUT2D eigenvalue weighted by molar-refractivity contribution is 5.99. The van der Waals surface area contributed by atoms with Gasteiger partial charge in [-0.05, 0) is 37.3 Å². The first-order chi connectivity index (χ1) is 9.67. The minimum atomic E-state index is 0.00778. The summed E-state index contributed by atoms with van der Waals surface area (Å²) >= 11 is 0. The fourth-order valence-corrected chi connectivity index (χ4v) is 2.69. The minimum absolute atomic E-state index is 0.00778. The zero-order valence-corrected chi connectivity index (χ0v) is 12.5. The number of carbonyl (C=O) groups excluding carboxylic acids is 1. The molecule has 0 spiro atoms. The van der Waals surface area contributed by atoms with Crippen molar-refractivity contribution in [3.63, 3.8) is 0 Å². The highest BCUT2D eigenvalue weighted by Crippen LogP contribution is 2.30. The van der Waals surface area contributed by atoms with Crippen LogP contribution in [0, 0.1) is 5.92 Å². The van der Waals surface area contributed by atoms with Gasteiger partial charge >= 0.3 is 0 Å². The van der Waals surface area contributed by atoms with Gasteiger partial charge in [0.1, 0.15) is 17.1 Å². The molecule has 1 saturated heterocycles. The van der Waals surface area contributed by atoms with E-state index in [1.807, 2.05) is 11.0 Å². The predicted molar refractivity (Wildman–Crippen MR) is 78.5 cm³/mol. The van der Waals surface area contributed by atoms with Gasteiger partial charge in [-0.2, -0.15) is 0 Å². The Labute approximate surface area is 120 Å². The second kappa shape index (κ2) is 6.64. The molecule has 1 fully saturated rings. The molecule has 1 atom stereocenters. The lowest BCUT2D eigenvalue weighted by molar-refractivity contribution is 0.0753. The second-order valence-corrected chi connectivity index (χ2v) is 5.37. The molecule has 1 unspecified atom stereocenters. The summed E-state index contributed by atoms with van der Waals surface area (Å²) in [7, 11) is 3.16. The monoisotopic (exact) mass is 277 g/mol. The van der Waals surface area contributed by atoms with Crippen molar-refractivity contribution in [2.45, 2.75) is 26.2 Å². The van der Waals surface area contributed by atoms with Crippen molar-refractivity contribution in [2.75, 3.05) is 27.3 Å². The molecule has 0 N–H and O–H groups in total. The van der Waals surface area contributed by atoms with Crippen molar-refractivity contribution in [1.82, 2.24) is 4.90 Å². The minimum Gasteiger partial charge on any atom is -0.496 e. The molecule has 1 heterocycles. The maximum absolute atomic E-state index is 12.8. The zero-order chi connectivity index (χ0) is 14.5. The summed E-state index contributed by atoms with van der Waals surface area (Å²) in [5.74, 6) is 1.85. The van der Waals surface area contributed by atoms with E-state index >= 15 is 0 Å². The Morgan fingerprint density at radius 1 is 1.15 bits per heavy atom. The number of likely N-dealkylation sites (tertiary alicyclic amines) is 1. The van der Waals surface area contributed by atoms with Crippen LogP contribution in [0.25, 0.3) is 0 Å². The Hall–Kier alpha value is -1.71. The van der Waals surface area contributed by atoms with Crippen LogP contribution in [0.15, 0.2) is 18.2 Å². The van der Waals surface area contributed by atoms with E-state index in [1.54, 1.807) is 26.4 Å². The van der Waals surface area contributed by atoms with Gasteiger partial charge in [0.05, 0.1) is 14.2 Å². The van der Waals surface area contributed by atoms with Crippen LogP contribution in [0.3, 0.4) is 0 Å². The normalized spacial score (nSPS) is 19.4. The third-order valence-electron chi connectivity index (χ3n) is 3.95. The Morgan fingerprint density at radius 3 is 2.40 bits per heavy atom. The van der Waals surface area contributed by atoms with Gasteiger partial charge in [-0.1, -0.05) is 13.0 Å². The Balaban J connectivity index is 2.28. The third kappa shape index (κ3) is 3.06. The van der Waals surface area contributed by atoms with Gasteiger partial charge < -0.3 is 14.4 Å². The number of hydrogen-bond donors (Lipinski definition) is 0. The van der Waals surface area contributed by atoms with E-state index in [0.717, 1.165) is 25.9 Å². The first kappa shape index (κ1) is 14.7. The quantitative estimate of drug-likeness (QED) is 0.852. The number of ether oxygens (including phenoxy) is 2. The van der Waals surface area contributed by atoms with E-state index in [0.29, 0.717) is 23.0 Å². The van der Waals surface area contributed by atoms with Crippen molar-refractivity contribution >= 4 is 5.91 Å². The van der Waals surface area contributed by atoms with Crippen molar-refractivity contribution in [3.8, 4) is 11.5 Å². The second-order valence-electron chi connectivity index (χ2n) is 5.37. The number of amides is 1. The lowest BCUT2D eigenvalue weighted by Crippen LogP contribution is -2.32. The fourth-order valence-electron chi connectivity index (χ4n) is 2.69. The van der Waals surface area contributed by atoms with Gasteiger partial charge in [0.2, 0.25) is 0 Å². The molecule has 0 saturated carbocycles. The number of nitrogens with zero attached hydrogens (tertiary/aromatic N) is 1. The molecule has 110 valence electrons. The molecule has 1 aliphatic heterocycles. The fraction of sp³-hybridized carbons (Fsp3) is 0.562. The van der Waals surface area contributed by atoms with E-state index in [9.17, 15) is 4.79 Å². The molecule has 2 rings (SSSR count). The summed E-state index contributed by atoms with van der Waals surface area (Å²) in [5, 5.41) is 0. The molecule has 0 bridgehead atoms.